The molecule has 1 aromatic heterocycles. The van der Waals surface area contributed by atoms with Crippen molar-refractivity contribution in [3.63, 3.8) is 0 Å². The van der Waals surface area contributed by atoms with Gasteiger partial charge in [0.1, 0.15) is 5.76 Å². The van der Waals surface area contributed by atoms with Crippen LogP contribution < -0.4 is 5.73 Å². The van der Waals surface area contributed by atoms with Crippen molar-refractivity contribution >= 4 is 31.9 Å². The minimum absolute atomic E-state index is 0.242. The molecule has 1 heterocycles. The molecule has 2 nitrogen and oxygen atoms in total. The van der Waals surface area contributed by atoms with Crippen LogP contribution in [0, 0.1) is 20.8 Å². The van der Waals surface area contributed by atoms with Crippen LogP contribution in [0.25, 0.3) is 0 Å². The van der Waals surface area contributed by atoms with E-state index in [1.165, 1.54) is 16.7 Å². The van der Waals surface area contributed by atoms with Crippen LogP contribution in [-0.2, 0) is 0 Å². The summed E-state index contributed by atoms with van der Waals surface area (Å²) in [6.45, 7) is 6.25. The van der Waals surface area contributed by atoms with E-state index < -0.39 is 0 Å². The first-order chi connectivity index (χ1) is 8.41. The van der Waals surface area contributed by atoms with Crippen molar-refractivity contribution in [2.45, 2.75) is 26.8 Å². The van der Waals surface area contributed by atoms with Gasteiger partial charge in [-0.1, -0.05) is 22.0 Å². The Labute approximate surface area is 124 Å². The fraction of sp³-hybridized carbons (Fsp3) is 0.286. The Morgan fingerprint density at radius 1 is 1.11 bits per heavy atom. The van der Waals surface area contributed by atoms with E-state index in [1.807, 2.05) is 12.1 Å². The highest BCUT2D eigenvalue weighted by atomic mass is 79.9. The third-order valence-electron chi connectivity index (χ3n) is 3.15. The molecule has 0 saturated carbocycles. The van der Waals surface area contributed by atoms with Gasteiger partial charge in [0.05, 0.1) is 6.04 Å². The van der Waals surface area contributed by atoms with Crippen molar-refractivity contribution in [3.8, 4) is 0 Å². The van der Waals surface area contributed by atoms with Gasteiger partial charge in [0.2, 0.25) is 0 Å². The summed E-state index contributed by atoms with van der Waals surface area (Å²) in [6, 6.07) is 5.67. The summed E-state index contributed by atoms with van der Waals surface area (Å²) in [5.74, 6) is 0.767. The van der Waals surface area contributed by atoms with Crippen molar-refractivity contribution in [1.82, 2.24) is 0 Å². The predicted molar refractivity (Wildman–Crippen MR) is 80.8 cm³/mol. The number of aryl methyl sites for hydroxylation is 2. The van der Waals surface area contributed by atoms with Crippen LogP contribution in [0.1, 0.15) is 34.1 Å². The van der Waals surface area contributed by atoms with Gasteiger partial charge in [-0.3, -0.25) is 0 Å². The van der Waals surface area contributed by atoms with E-state index in [-0.39, 0.29) is 6.04 Å². The van der Waals surface area contributed by atoms with Crippen LogP contribution in [0.15, 0.2) is 31.8 Å². The molecule has 2 aromatic rings. The van der Waals surface area contributed by atoms with E-state index in [0.29, 0.717) is 4.67 Å². The monoisotopic (exact) mass is 371 g/mol. The molecule has 0 aliphatic carbocycles. The van der Waals surface area contributed by atoms with Gasteiger partial charge >= 0.3 is 0 Å². The lowest BCUT2D eigenvalue weighted by Crippen LogP contribution is -2.14. The summed E-state index contributed by atoms with van der Waals surface area (Å²) in [6.07, 6.45) is 0. The lowest BCUT2D eigenvalue weighted by molar-refractivity contribution is 0.469. The number of furan rings is 1. The number of rotatable bonds is 2. The number of benzene rings is 1. The summed E-state index contributed by atoms with van der Waals surface area (Å²) in [4.78, 5) is 0. The van der Waals surface area contributed by atoms with Crippen molar-refractivity contribution in [2.24, 2.45) is 5.73 Å². The lowest BCUT2D eigenvalue weighted by atomic mass is 9.93. The number of hydrogen-bond acceptors (Lipinski definition) is 2. The Kier molecular flexibility index (Phi) is 3.99. The molecule has 2 N–H and O–H groups in total. The molecule has 0 amide bonds. The van der Waals surface area contributed by atoms with Crippen molar-refractivity contribution in [3.05, 3.63) is 55.4 Å². The first-order valence-corrected chi connectivity index (χ1v) is 7.27. The van der Waals surface area contributed by atoms with E-state index in [4.69, 9.17) is 10.2 Å². The normalized spacial score (nSPS) is 12.8. The van der Waals surface area contributed by atoms with Gasteiger partial charge in [-0.05, 0) is 71.1 Å². The largest absolute Gasteiger partial charge is 0.452 e. The van der Waals surface area contributed by atoms with Gasteiger partial charge in [0, 0.05) is 4.47 Å². The smallest absolute Gasteiger partial charge is 0.169 e. The zero-order chi connectivity index (χ0) is 13.4. The van der Waals surface area contributed by atoms with Crippen molar-refractivity contribution in [2.75, 3.05) is 0 Å². The second-order valence-electron chi connectivity index (χ2n) is 4.48. The summed E-state index contributed by atoms with van der Waals surface area (Å²) in [5.41, 5.74) is 11.0. The molecule has 0 fully saturated rings. The minimum Gasteiger partial charge on any atom is -0.452 e. The van der Waals surface area contributed by atoms with Crippen LogP contribution in [0.3, 0.4) is 0 Å². The molecular formula is C14H15Br2NO. The molecule has 0 aliphatic heterocycles. The average molecular weight is 373 g/mol. The van der Waals surface area contributed by atoms with Gasteiger partial charge in [-0.15, -0.1) is 0 Å². The van der Waals surface area contributed by atoms with Gasteiger partial charge in [-0.25, -0.2) is 0 Å². The van der Waals surface area contributed by atoms with E-state index in [9.17, 15) is 0 Å². The fourth-order valence-corrected chi connectivity index (χ4v) is 2.94. The second-order valence-corrected chi connectivity index (χ2v) is 6.06. The topological polar surface area (TPSA) is 39.2 Å². The summed E-state index contributed by atoms with van der Waals surface area (Å²) < 4.78 is 7.37. The highest BCUT2D eigenvalue weighted by molar-refractivity contribution is 9.10. The molecule has 1 unspecified atom stereocenters. The molecule has 1 aromatic carbocycles. The Balaban J connectivity index is 2.54. The Morgan fingerprint density at radius 2 is 1.78 bits per heavy atom. The Hall–Kier alpha value is -0.580. The van der Waals surface area contributed by atoms with E-state index >= 15 is 0 Å². The number of hydrogen-bond donors (Lipinski definition) is 1. The van der Waals surface area contributed by atoms with Gasteiger partial charge in [-0.2, -0.15) is 0 Å². The number of nitrogens with two attached hydrogens (primary N) is 1. The molecule has 18 heavy (non-hydrogen) atoms. The molecule has 0 spiro atoms. The molecular weight excluding hydrogens is 358 g/mol. The molecule has 96 valence electrons. The zero-order valence-corrected chi connectivity index (χ0v) is 13.7. The minimum atomic E-state index is -0.242. The second kappa shape index (κ2) is 5.19. The predicted octanol–water partition coefficient (Wildman–Crippen LogP) is 4.78. The maximum Gasteiger partial charge on any atom is 0.169 e. The van der Waals surface area contributed by atoms with Gasteiger partial charge < -0.3 is 10.2 Å². The lowest BCUT2D eigenvalue weighted by Gasteiger charge is -2.18. The first-order valence-electron chi connectivity index (χ1n) is 5.68. The molecule has 0 radical (unpaired) electrons. The summed E-state index contributed by atoms with van der Waals surface area (Å²) in [5, 5.41) is 0. The van der Waals surface area contributed by atoms with Crippen LogP contribution >= 0.6 is 31.9 Å². The number of halogens is 2. The molecule has 2 rings (SSSR count). The molecule has 0 saturated heterocycles. The Morgan fingerprint density at radius 3 is 2.33 bits per heavy atom. The van der Waals surface area contributed by atoms with Crippen LogP contribution in [0.2, 0.25) is 0 Å². The molecule has 0 aliphatic rings. The molecule has 1 atom stereocenters. The highest BCUT2D eigenvalue weighted by Gasteiger charge is 2.19. The SMILES string of the molecule is Cc1cc(C)c(C(N)c2ccc(Br)o2)c(C)c1Br. The third-order valence-corrected chi connectivity index (χ3v) is 4.80. The maximum atomic E-state index is 6.31. The maximum absolute atomic E-state index is 6.31. The van der Waals surface area contributed by atoms with Crippen LogP contribution in [0.5, 0.6) is 0 Å². The van der Waals surface area contributed by atoms with Crippen molar-refractivity contribution in [1.29, 1.82) is 0 Å². The summed E-state index contributed by atoms with van der Waals surface area (Å²) >= 11 is 6.92. The molecule has 4 heteroatoms. The van der Waals surface area contributed by atoms with E-state index in [1.54, 1.807) is 0 Å². The summed E-state index contributed by atoms with van der Waals surface area (Å²) in [7, 11) is 0. The molecule has 0 bridgehead atoms. The first kappa shape index (κ1) is 13.8. The fourth-order valence-electron chi connectivity index (χ4n) is 2.29. The van der Waals surface area contributed by atoms with Crippen LogP contribution in [-0.4, -0.2) is 0 Å². The third kappa shape index (κ3) is 2.42. The Bertz CT molecular complexity index is 590. The highest BCUT2D eigenvalue weighted by Crippen LogP contribution is 2.33. The zero-order valence-electron chi connectivity index (χ0n) is 10.6. The quantitative estimate of drug-likeness (QED) is 0.823. The standard InChI is InChI=1S/C14H15Br2NO/c1-7-6-8(2)13(16)9(3)12(7)14(17)10-4-5-11(15)18-10/h4-6,14H,17H2,1-3H3. The van der Waals surface area contributed by atoms with E-state index in [2.05, 4.69) is 58.7 Å². The van der Waals surface area contributed by atoms with Crippen LogP contribution in [0.4, 0.5) is 0 Å². The van der Waals surface area contributed by atoms with E-state index in [0.717, 1.165) is 15.8 Å². The van der Waals surface area contributed by atoms with Gasteiger partial charge in [0.25, 0.3) is 0 Å². The van der Waals surface area contributed by atoms with Crippen molar-refractivity contribution < 1.29 is 4.42 Å². The average Bonchev–Trinajstić information content (AvgIpc) is 2.73. The van der Waals surface area contributed by atoms with Gasteiger partial charge in [0.15, 0.2) is 4.67 Å².